The van der Waals surface area contributed by atoms with Crippen molar-refractivity contribution in [1.29, 1.82) is 0 Å². The predicted molar refractivity (Wildman–Crippen MR) is 58.8 cm³/mol. The highest BCUT2D eigenvalue weighted by Gasteiger charge is 2.32. The van der Waals surface area contributed by atoms with Crippen molar-refractivity contribution in [2.75, 3.05) is 26.2 Å². The summed E-state index contributed by atoms with van der Waals surface area (Å²) in [5.41, 5.74) is 5.14. The minimum Gasteiger partial charge on any atom is -0.396 e. The van der Waals surface area contributed by atoms with Crippen LogP contribution in [0.2, 0.25) is 0 Å². The predicted octanol–water partition coefficient (Wildman–Crippen LogP) is 0.290. The Morgan fingerprint density at radius 2 is 2.11 bits per heavy atom. The molecule has 106 valence electrons. The van der Waals surface area contributed by atoms with Gasteiger partial charge in [-0.15, -0.1) is 0 Å². The monoisotopic (exact) mass is 269 g/mol. The molecule has 1 heterocycles. The number of carbonyl (C=O) groups is 1. The lowest BCUT2D eigenvalue weighted by molar-refractivity contribution is -0.127. The molecule has 0 saturated carbocycles. The lowest BCUT2D eigenvalue weighted by atomic mass is 9.92. The van der Waals surface area contributed by atoms with Crippen LogP contribution in [0.3, 0.4) is 0 Å². The number of aliphatic hydroxyl groups excluding tert-OH is 1. The lowest BCUT2D eigenvalue weighted by Crippen LogP contribution is -2.54. The van der Waals surface area contributed by atoms with E-state index in [0.29, 0.717) is 19.4 Å². The molecule has 2 amide bonds. The van der Waals surface area contributed by atoms with Gasteiger partial charge in [-0.25, -0.2) is 4.79 Å². The average molecular weight is 269 g/mol. The van der Waals surface area contributed by atoms with Crippen molar-refractivity contribution in [1.82, 2.24) is 10.2 Å². The van der Waals surface area contributed by atoms with E-state index in [4.69, 9.17) is 10.8 Å². The van der Waals surface area contributed by atoms with Gasteiger partial charge in [0.15, 0.2) is 0 Å². The van der Waals surface area contributed by atoms with Crippen LogP contribution in [-0.4, -0.2) is 54.5 Å². The fraction of sp³-hybridized carbons (Fsp3) is 0.900. The highest BCUT2D eigenvalue weighted by Crippen LogP contribution is 2.21. The van der Waals surface area contributed by atoms with E-state index in [9.17, 15) is 18.0 Å². The number of hydrogen-bond acceptors (Lipinski definition) is 3. The Balaban J connectivity index is 2.53. The zero-order valence-electron chi connectivity index (χ0n) is 9.91. The van der Waals surface area contributed by atoms with Crippen molar-refractivity contribution in [3.05, 3.63) is 0 Å². The number of primary amides is 1. The number of urea groups is 1. The summed E-state index contributed by atoms with van der Waals surface area (Å²) in [6.45, 7) is -0.577. The van der Waals surface area contributed by atoms with Crippen LogP contribution in [0.5, 0.6) is 0 Å². The topological polar surface area (TPSA) is 78.6 Å². The second-order valence-electron chi connectivity index (χ2n) is 4.55. The maximum absolute atomic E-state index is 12.1. The van der Waals surface area contributed by atoms with Crippen molar-refractivity contribution in [2.45, 2.75) is 25.1 Å². The molecule has 8 heteroatoms. The first-order chi connectivity index (χ1) is 8.31. The molecule has 0 bridgehead atoms. The van der Waals surface area contributed by atoms with Gasteiger partial charge in [0.2, 0.25) is 0 Å². The first-order valence-corrected chi connectivity index (χ1v) is 5.77. The van der Waals surface area contributed by atoms with Crippen LogP contribution in [0, 0.1) is 5.92 Å². The highest BCUT2D eigenvalue weighted by molar-refractivity contribution is 5.72. The van der Waals surface area contributed by atoms with Crippen LogP contribution in [0.15, 0.2) is 0 Å². The van der Waals surface area contributed by atoms with E-state index in [1.165, 1.54) is 4.90 Å². The van der Waals surface area contributed by atoms with Crippen LogP contribution in [0.4, 0.5) is 18.0 Å². The molecule has 5 nitrogen and oxygen atoms in total. The molecule has 4 N–H and O–H groups in total. The summed E-state index contributed by atoms with van der Waals surface area (Å²) in [6, 6.07) is -1.08. The first kappa shape index (κ1) is 15.0. The van der Waals surface area contributed by atoms with E-state index in [1.807, 2.05) is 0 Å². The molecule has 0 spiro atoms. The number of nitrogens with zero attached hydrogens (tertiary/aromatic N) is 1. The minimum absolute atomic E-state index is 0.0259. The summed E-state index contributed by atoms with van der Waals surface area (Å²) < 4.78 is 36.3. The molecule has 1 aliphatic rings. The number of nitrogens with one attached hydrogen (secondary N) is 1. The van der Waals surface area contributed by atoms with Crippen molar-refractivity contribution in [3.8, 4) is 0 Å². The molecular formula is C10H18F3N3O2. The summed E-state index contributed by atoms with van der Waals surface area (Å²) in [5, 5.41) is 11.2. The zero-order valence-corrected chi connectivity index (χ0v) is 9.91. The largest absolute Gasteiger partial charge is 0.401 e. The van der Waals surface area contributed by atoms with Crippen molar-refractivity contribution in [2.24, 2.45) is 11.7 Å². The minimum atomic E-state index is -4.28. The van der Waals surface area contributed by atoms with Gasteiger partial charge in [0.05, 0.1) is 6.54 Å². The number of alkyl halides is 3. The molecule has 1 fully saturated rings. The van der Waals surface area contributed by atoms with E-state index in [2.05, 4.69) is 5.32 Å². The molecule has 2 unspecified atom stereocenters. The van der Waals surface area contributed by atoms with Gasteiger partial charge in [0, 0.05) is 25.7 Å². The molecule has 1 saturated heterocycles. The van der Waals surface area contributed by atoms with Gasteiger partial charge >= 0.3 is 12.2 Å². The van der Waals surface area contributed by atoms with Crippen LogP contribution < -0.4 is 11.1 Å². The summed E-state index contributed by atoms with van der Waals surface area (Å²) in [5.74, 6) is -0.0259. The van der Waals surface area contributed by atoms with Crippen LogP contribution in [0.1, 0.15) is 12.8 Å². The van der Waals surface area contributed by atoms with E-state index in [-0.39, 0.29) is 19.1 Å². The van der Waals surface area contributed by atoms with Gasteiger partial charge in [0.1, 0.15) is 0 Å². The normalized spacial score (nSPS) is 25.2. The Bertz CT molecular complexity index is 286. The van der Waals surface area contributed by atoms with Crippen molar-refractivity contribution in [3.63, 3.8) is 0 Å². The van der Waals surface area contributed by atoms with E-state index >= 15 is 0 Å². The molecule has 0 aromatic carbocycles. The Hall–Kier alpha value is -1.02. The third-order valence-electron chi connectivity index (χ3n) is 2.98. The van der Waals surface area contributed by atoms with Gasteiger partial charge in [0.25, 0.3) is 0 Å². The van der Waals surface area contributed by atoms with Gasteiger partial charge < -0.3 is 21.1 Å². The first-order valence-electron chi connectivity index (χ1n) is 5.77. The molecular weight excluding hydrogens is 251 g/mol. The molecule has 18 heavy (non-hydrogen) atoms. The van der Waals surface area contributed by atoms with Gasteiger partial charge in [-0.05, 0) is 18.8 Å². The highest BCUT2D eigenvalue weighted by atomic mass is 19.4. The molecule has 0 aromatic rings. The number of halogens is 3. The van der Waals surface area contributed by atoms with E-state index in [0.717, 1.165) is 0 Å². The summed E-state index contributed by atoms with van der Waals surface area (Å²) in [7, 11) is 0. The molecule has 0 aromatic heterocycles. The Morgan fingerprint density at radius 1 is 1.44 bits per heavy atom. The zero-order chi connectivity index (χ0) is 13.8. The second-order valence-corrected chi connectivity index (χ2v) is 4.55. The molecule has 0 aliphatic carbocycles. The maximum Gasteiger partial charge on any atom is 0.401 e. The number of aliphatic hydroxyl groups is 1. The molecule has 1 aliphatic heterocycles. The third kappa shape index (κ3) is 5.09. The fourth-order valence-electron chi connectivity index (χ4n) is 2.18. The number of carbonyl (C=O) groups excluding carboxylic acids is 1. The van der Waals surface area contributed by atoms with Crippen molar-refractivity contribution >= 4 is 6.03 Å². The van der Waals surface area contributed by atoms with Crippen LogP contribution in [0.25, 0.3) is 0 Å². The second kappa shape index (κ2) is 6.24. The lowest BCUT2D eigenvalue weighted by Gasteiger charge is -2.37. The Morgan fingerprint density at radius 3 is 2.61 bits per heavy atom. The SMILES string of the molecule is NC(=O)N1CC(CCO)CC(NCC(F)(F)F)C1. The Labute approximate surface area is 103 Å². The maximum atomic E-state index is 12.1. The molecule has 1 rings (SSSR count). The van der Waals surface area contributed by atoms with Gasteiger partial charge in [-0.1, -0.05) is 0 Å². The molecule has 0 radical (unpaired) electrons. The van der Waals surface area contributed by atoms with Crippen LogP contribution in [-0.2, 0) is 0 Å². The number of amides is 2. The third-order valence-corrected chi connectivity index (χ3v) is 2.98. The number of nitrogens with two attached hydrogens (primary N) is 1. The average Bonchev–Trinajstić information content (AvgIpc) is 2.25. The standard InChI is InChI=1S/C10H18F3N3O2/c11-10(12,13)6-15-8-3-7(1-2-17)4-16(5-8)9(14)18/h7-8,15,17H,1-6H2,(H2,14,18). The quantitative estimate of drug-likeness (QED) is 0.686. The summed E-state index contributed by atoms with van der Waals surface area (Å²) in [4.78, 5) is 12.4. The Kier molecular flexibility index (Phi) is 5.21. The van der Waals surface area contributed by atoms with Gasteiger partial charge in [-0.3, -0.25) is 0 Å². The van der Waals surface area contributed by atoms with Gasteiger partial charge in [-0.2, -0.15) is 13.2 Å². The number of likely N-dealkylation sites (tertiary alicyclic amines) is 1. The smallest absolute Gasteiger partial charge is 0.396 e. The number of piperidine rings is 1. The van der Waals surface area contributed by atoms with E-state index < -0.39 is 24.8 Å². The number of rotatable bonds is 4. The molecule has 2 atom stereocenters. The fourth-order valence-corrected chi connectivity index (χ4v) is 2.18. The van der Waals surface area contributed by atoms with Crippen LogP contribution >= 0.6 is 0 Å². The van der Waals surface area contributed by atoms with E-state index in [1.54, 1.807) is 0 Å². The summed E-state index contributed by atoms with van der Waals surface area (Å²) in [6.07, 6.45) is -3.32. The number of hydrogen-bond donors (Lipinski definition) is 3. The summed E-state index contributed by atoms with van der Waals surface area (Å²) >= 11 is 0. The van der Waals surface area contributed by atoms with Crippen molar-refractivity contribution < 1.29 is 23.1 Å².